The van der Waals surface area contributed by atoms with Gasteiger partial charge >= 0.3 is 0 Å². The number of benzene rings is 1. The maximum atomic E-state index is 13.6. The molecule has 31 heavy (non-hydrogen) atoms. The summed E-state index contributed by atoms with van der Waals surface area (Å²) in [6, 6.07) is 8.49. The Kier molecular flexibility index (Phi) is 4.80. The normalized spacial score (nSPS) is 38.4. The molecule has 4 aliphatic carbocycles. The van der Waals surface area contributed by atoms with Crippen LogP contribution in [0.3, 0.4) is 0 Å². The van der Waals surface area contributed by atoms with Gasteiger partial charge in [-0.15, -0.1) is 0 Å². The Morgan fingerprint density at radius 1 is 0.935 bits per heavy atom. The second-order valence-electron chi connectivity index (χ2n) is 11.1. The van der Waals surface area contributed by atoms with E-state index in [-0.39, 0.29) is 10.8 Å². The molecule has 164 valence electrons. The average molecular weight is 418 g/mol. The summed E-state index contributed by atoms with van der Waals surface area (Å²) in [7, 11) is 4.09. The Balaban J connectivity index is 1.44. The van der Waals surface area contributed by atoms with Crippen molar-refractivity contribution in [3.05, 3.63) is 47.1 Å². The van der Waals surface area contributed by atoms with Crippen LogP contribution < -0.4 is 4.90 Å². The van der Waals surface area contributed by atoms with Gasteiger partial charge in [0.15, 0.2) is 11.6 Å². The third-order valence-electron chi connectivity index (χ3n) is 9.35. The molecule has 4 aliphatic rings. The Morgan fingerprint density at radius 2 is 1.68 bits per heavy atom. The zero-order valence-electron chi connectivity index (χ0n) is 19.4. The van der Waals surface area contributed by atoms with Crippen LogP contribution in [0, 0.1) is 28.6 Å². The summed E-state index contributed by atoms with van der Waals surface area (Å²) in [5.41, 5.74) is 4.67. The van der Waals surface area contributed by atoms with Gasteiger partial charge in [0.2, 0.25) is 0 Å². The van der Waals surface area contributed by atoms with E-state index in [0.717, 1.165) is 49.7 Å². The van der Waals surface area contributed by atoms with Gasteiger partial charge in [-0.1, -0.05) is 31.6 Å². The first-order chi connectivity index (χ1) is 14.7. The first-order valence-electron chi connectivity index (χ1n) is 12.0. The van der Waals surface area contributed by atoms with E-state index in [0.29, 0.717) is 35.7 Å². The number of nitrogens with zero attached hydrogens (tertiary/aromatic N) is 1. The second kappa shape index (κ2) is 7.18. The van der Waals surface area contributed by atoms with Crippen LogP contribution in [0.5, 0.6) is 0 Å². The summed E-state index contributed by atoms with van der Waals surface area (Å²) in [6.07, 6.45) is 11.0. The number of hydrogen-bond donors (Lipinski definition) is 0. The summed E-state index contributed by atoms with van der Waals surface area (Å²) in [5.74, 6) is 2.36. The predicted molar refractivity (Wildman–Crippen MR) is 126 cm³/mol. The Labute approximate surface area is 186 Å². The lowest BCUT2D eigenvalue weighted by Gasteiger charge is -2.56. The van der Waals surface area contributed by atoms with Crippen molar-refractivity contribution >= 4 is 23.3 Å². The summed E-state index contributed by atoms with van der Waals surface area (Å²) >= 11 is 0. The van der Waals surface area contributed by atoms with Crippen LogP contribution in [-0.2, 0) is 9.59 Å². The maximum Gasteiger partial charge on any atom is 0.165 e. The van der Waals surface area contributed by atoms with Crippen LogP contribution >= 0.6 is 0 Å². The van der Waals surface area contributed by atoms with E-state index in [1.165, 1.54) is 11.3 Å². The number of anilines is 1. The zero-order chi connectivity index (χ0) is 22.0. The van der Waals surface area contributed by atoms with Gasteiger partial charge in [-0.25, -0.2) is 0 Å². The molecule has 1 aromatic rings. The Morgan fingerprint density at radius 3 is 2.39 bits per heavy atom. The van der Waals surface area contributed by atoms with E-state index in [2.05, 4.69) is 49.1 Å². The number of ketones is 2. The van der Waals surface area contributed by atoms with Crippen LogP contribution in [0.15, 0.2) is 41.5 Å². The fourth-order valence-corrected chi connectivity index (χ4v) is 7.43. The third-order valence-corrected chi connectivity index (χ3v) is 9.35. The number of carbonyl (C=O) groups excluding carboxylic acids is 2. The molecule has 0 aromatic heterocycles. The highest BCUT2D eigenvalue weighted by Gasteiger charge is 2.60. The molecule has 3 saturated carbocycles. The third kappa shape index (κ3) is 3.15. The molecule has 0 N–H and O–H groups in total. The molecule has 0 aliphatic heterocycles. The Bertz CT molecular complexity index is 985. The average Bonchev–Trinajstić information content (AvgIpc) is 2.99. The van der Waals surface area contributed by atoms with Crippen molar-refractivity contribution in [3.63, 3.8) is 0 Å². The molecule has 3 heteroatoms. The fourth-order valence-electron chi connectivity index (χ4n) is 7.43. The number of fused-ring (bicyclic) bond motifs is 5. The van der Waals surface area contributed by atoms with Crippen LogP contribution in [-0.4, -0.2) is 25.7 Å². The molecule has 0 heterocycles. The second-order valence-corrected chi connectivity index (χ2v) is 11.1. The lowest BCUT2D eigenvalue weighted by atomic mass is 9.47. The molecule has 0 radical (unpaired) electrons. The van der Waals surface area contributed by atoms with E-state index >= 15 is 0 Å². The van der Waals surface area contributed by atoms with Gasteiger partial charge in [-0.2, -0.15) is 0 Å². The highest BCUT2D eigenvalue weighted by molar-refractivity contribution is 6.06. The maximum absolute atomic E-state index is 13.6. The monoisotopic (exact) mass is 417 g/mol. The molecule has 5 atom stereocenters. The van der Waals surface area contributed by atoms with Crippen LogP contribution in [0.2, 0.25) is 0 Å². The predicted octanol–water partition coefficient (Wildman–Crippen LogP) is 5.85. The number of rotatable bonds is 2. The summed E-state index contributed by atoms with van der Waals surface area (Å²) in [6.45, 7) is 4.65. The molecule has 1 aromatic carbocycles. The summed E-state index contributed by atoms with van der Waals surface area (Å²) in [4.78, 5) is 27.7. The van der Waals surface area contributed by atoms with Gasteiger partial charge in [0.1, 0.15) is 0 Å². The van der Waals surface area contributed by atoms with Crippen LogP contribution in [0.4, 0.5) is 5.69 Å². The van der Waals surface area contributed by atoms with E-state index in [1.807, 2.05) is 20.2 Å². The minimum absolute atomic E-state index is 0.162. The van der Waals surface area contributed by atoms with Gasteiger partial charge in [0, 0.05) is 31.6 Å². The lowest BCUT2D eigenvalue weighted by Crippen LogP contribution is -2.50. The SMILES string of the molecule is CN(C)c1ccc(C=C2C[C@H]3[C@@H]4CCC5=CC(=O)CC[C@]5(C)[C@H]4CC[C@]3(C)C2=O)cc1. The summed E-state index contributed by atoms with van der Waals surface area (Å²) < 4.78 is 0. The highest BCUT2D eigenvalue weighted by atomic mass is 16.1. The molecule has 0 unspecified atom stereocenters. The van der Waals surface area contributed by atoms with Crippen molar-refractivity contribution in [1.29, 1.82) is 0 Å². The Hall–Kier alpha value is -2.16. The smallest absolute Gasteiger partial charge is 0.165 e. The molecule has 0 saturated heterocycles. The highest BCUT2D eigenvalue weighted by Crippen LogP contribution is 2.65. The minimum Gasteiger partial charge on any atom is -0.378 e. The van der Waals surface area contributed by atoms with Crippen LogP contribution in [0.1, 0.15) is 64.4 Å². The molecule has 3 nitrogen and oxygen atoms in total. The fraction of sp³-hybridized carbons (Fsp3) is 0.571. The van der Waals surface area contributed by atoms with Gasteiger partial charge in [0.25, 0.3) is 0 Å². The van der Waals surface area contributed by atoms with Crippen molar-refractivity contribution in [1.82, 2.24) is 0 Å². The topological polar surface area (TPSA) is 37.4 Å². The standard InChI is InChI=1S/C28H35NO2/c1-27-13-11-22(30)17-20(27)7-10-23-24(27)12-14-28(2)25(23)16-19(26(28)31)15-18-5-8-21(9-6-18)29(3)4/h5-6,8-9,15,17,23-25H,7,10-14,16H2,1-4H3/t23-,24+,25+,27+,28+/m1/s1. The van der Waals surface area contributed by atoms with Crippen molar-refractivity contribution in [2.75, 3.05) is 19.0 Å². The molecular weight excluding hydrogens is 382 g/mol. The quantitative estimate of drug-likeness (QED) is 0.567. The van der Waals surface area contributed by atoms with Gasteiger partial charge in [-0.05, 0) is 97.1 Å². The van der Waals surface area contributed by atoms with E-state index in [1.54, 1.807) is 0 Å². The van der Waals surface area contributed by atoms with Crippen LogP contribution in [0.25, 0.3) is 6.08 Å². The number of allylic oxidation sites excluding steroid dienone is 2. The number of carbonyl (C=O) groups is 2. The molecule has 5 rings (SSSR count). The molecule has 3 fully saturated rings. The van der Waals surface area contributed by atoms with Crippen molar-refractivity contribution in [2.45, 2.75) is 58.8 Å². The molecule has 0 amide bonds. The molecule has 0 bridgehead atoms. The largest absolute Gasteiger partial charge is 0.378 e. The molecular formula is C28H35NO2. The number of hydrogen-bond acceptors (Lipinski definition) is 3. The van der Waals surface area contributed by atoms with Crippen molar-refractivity contribution in [3.8, 4) is 0 Å². The first kappa shape index (κ1) is 20.7. The first-order valence-corrected chi connectivity index (χ1v) is 12.0. The van der Waals surface area contributed by atoms with E-state index in [4.69, 9.17) is 0 Å². The molecule has 0 spiro atoms. The van der Waals surface area contributed by atoms with Crippen molar-refractivity contribution < 1.29 is 9.59 Å². The zero-order valence-corrected chi connectivity index (χ0v) is 19.4. The lowest BCUT2D eigenvalue weighted by molar-refractivity contribution is -0.130. The minimum atomic E-state index is -0.210. The van der Waals surface area contributed by atoms with Gasteiger partial charge < -0.3 is 4.90 Å². The number of Topliss-reactive ketones (excluding diaryl/α,β-unsaturated/α-hetero) is 1. The van der Waals surface area contributed by atoms with Gasteiger partial charge in [-0.3, -0.25) is 9.59 Å². The van der Waals surface area contributed by atoms with E-state index in [9.17, 15) is 9.59 Å². The van der Waals surface area contributed by atoms with Crippen molar-refractivity contribution in [2.24, 2.45) is 28.6 Å². The van der Waals surface area contributed by atoms with Gasteiger partial charge in [0.05, 0.1) is 0 Å². The summed E-state index contributed by atoms with van der Waals surface area (Å²) in [5, 5.41) is 0. The van der Waals surface area contributed by atoms with E-state index < -0.39 is 0 Å².